The van der Waals surface area contributed by atoms with E-state index < -0.39 is 24.3 Å². The number of aryl methyl sites for hydroxylation is 1. The van der Waals surface area contributed by atoms with Crippen LogP contribution in [0.3, 0.4) is 0 Å². The molecule has 4 nitrogen and oxygen atoms in total. The molecule has 0 aromatic carbocycles. The number of halogens is 3. The zero-order valence-corrected chi connectivity index (χ0v) is 13.2. The molecule has 2 aliphatic rings. The molecule has 3 rings (SSSR count). The SMILES string of the molecule is Cc1cc(C(=O)C[C@H](C)C(F)(F)F)nc2c1N1CCC[C@@H](C1)N2. The number of carbonyl (C=O) groups is 1. The Hall–Kier alpha value is -1.79. The van der Waals surface area contributed by atoms with Crippen molar-refractivity contribution in [3.8, 4) is 0 Å². The van der Waals surface area contributed by atoms with Gasteiger partial charge in [0.25, 0.3) is 0 Å². The van der Waals surface area contributed by atoms with Gasteiger partial charge in [0.2, 0.25) is 0 Å². The van der Waals surface area contributed by atoms with Crippen LogP contribution in [0.25, 0.3) is 0 Å². The zero-order valence-electron chi connectivity index (χ0n) is 13.2. The van der Waals surface area contributed by atoms with Crippen LogP contribution in [-0.2, 0) is 0 Å². The first kappa shape index (κ1) is 16.1. The van der Waals surface area contributed by atoms with E-state index >= 15 is 0 Å². The van der Waals surface area contributed by atoms with E-state index in [9.17, 15) is 18.0 Å². The highest BCUT2D eigenvalue weighted by Crippen LogP contribution is 2.37. The summed E-state index contributed by atoms with van der Waals surface area (Å²) < 4.78 is 37.9. The smallest absolute Gasteiger partial charge is 0.366 e. The van der Waals surface area contributed by atoms with Crippen LogP contribution in [0, 0.1) is 12.8 Å². The molecule has 3 heterocycles. The Morgan fingerprint density at radius 2 is 2.26 bits per heavy atom. The lowest BCUT2D eigenvalue weighted by molar-refractivity contribution is -0.168. The summed E-state index contributed by atoms with van der Waals surface area (Å²) in [6, 6.07) is 1.91. The van der Waals surface area contributed by atoms with Crippen molar-refractivity contribution < 1.29 is 18.0 Å². The van der Waals surface area contributed by atoms with Gasteiger partial charge in [0.15, 0.2) is 11.6 Å². The number of hydrogen-bond donors (Lipinski definition) is 1. The van der Waals surface area contributed by atoms with Crippen LogP contribution in [-0.4, -0.2) is 36.1 Å². The summed E-state index contributed by atoms with van der Waals surface area (Å²) in [5.74, 6) is -1.60. The van der Waals surface area contributed by atoms with Gasteiger partial charge < -0.3 is 10.2 Å². The minimum atomic E-state index is -4.36. The molecule has 1 aromatic heterocycles. The maximum absolute atomic E-state index is 12.6. The number of rotatable bonds is 3. The fourth-order valence-electron chi connectivity index (χ4n) is 3.30. The highest BCUT2D eigenvalue weighted by molar-refractivity contribution is 5.96. The Morgan fingerprint density at radius 1 is 1.52 bits per heavy atom. The second kappa shape index (κ2) is 5.69. The van der Waals surface area contributed by atoms with E-state index in [-0.39, 0.29) is 5.69 Å². The molecule has 2 atom stereocenters. The van der Waals surface area contributed by atoms with E-state index in [0.717, 1.165) is 44.1 Å². The molecule has 1 aromatic rings. The van der Waals surface area contributed by atoms with Crippen molar-refractivity contribution in [1.29, 1.82) is 0 Å². The van der Waals surface area contributed by atoms with Crippen molar-refractivity contribution in [2.24, 2.45) is 5.92 Å². The number of piperidine rings is 1. The zero-order chi connectivity index (χ0) is 16.8. The quantitative estimate of drug-likeness (QED) is 0.862. The van der Waals surface area contributed by atoms with Gasteiger partial charge >= 0.3 is 6.18 Å². The molecule has 0 unspecified atom stereocenters. The summed E-state index contributed by atoms with van der Waals surface area (Å²) >= 11 is 0. The third-order valence-electron chi connectivity index (χ3n) is 4.60. The van der Waals surface area contributed by atoms with E-state index in [1.165, 1.54) is 0 Å². The average molecular weight is 327 g/mol. The lowest BCUT2D eigenvalue weighted by atomic mass is 9.98. The summed E-state index contributed by atoms with van der Waals surface area (Å²) in [7, 11) is 0. The van der Waals surface area contributed by atoms with Gasteiger partial charge in [0.05, 0.1) is 11.6 Å². The van der Waals surface area contributed by atoms with E-state index in [4.69, 9.17) is 0 Å². The van der Waals surface area contributed by atoms with Crippen molar-refractivity contribution in [3.63, 3.8) is 0 Å². The lowest BCUT2D eigenvalue weighted by Gasteiger charge is -2.41. The maximum atomic E-state index is 12.6. The predicted octanol–water partition coefficient (Wildman–Crippen LogP) is 3.56. The molecule has 0 amide bonds. The number of Topliss-reactive ketones (excluding diaryl/α,β-unsaturated/α-hetero) is 1. The van der Waals surface area contributed by atoms with Crippen molar-refractivity contribution in [1.82, 2.24) is 4.98 Å². The van der Waals surface area contributed by atoms with Crippen LogP contribution >= 0.6 is 0 Å². The van der Waals surface area contributed by atoms with Crippen LogP contribution in [0.2, 0.25) is 0 Å². The van der Waals surface area contributed by atoms with Crippen LogP contribution in [0.4, 0.5) is 24.7 Å². The fraction of sp³-hybridized carbons (Fsp3) is 0.625. The van der Waals surface area contributed by atoms with Gasteiger partial charge in [-0.15, -0.1) is 0 Å². The van der Waals surface area contributed by atoms with Crippen molar-refractivity contribution in [3.05, 3.63) is 17.3 Å². The maximum Gasteiger partial charge on any atom is 0.391 e. The molecule has 23 heavy (non-hydrogen) atoms. The number of hydrogen-bond acceptors (Lipinski definition) is 4. The molecule has 7 heteroatoms. The first-order chi connectivity index (χ1) is 10.8. The number of carbonyl (C=O) groups excluding carboxylic acids is 1. The Balaban J connectivity index is 1.86. The molecule has 0 spiro atoms. The number of aromatic nitrogens is 1. The first-order valence-corrected chi connectivity index (χ1v) is 7.88. The molecule has 2 aliphatic heterocycles. The van der Waals surface area contributed by atoms with Crippen molar-refractivity contribution >= 4 is 17.3 Å². The molecule has 1 saturated heterocycles. The number of pyridine rings is 1. The molecular formula is C16H20F3N3O. The van der Waals surface area contributed by atoms with Crippen molar-refractivity contribution in [2.45, 2.75) is 45.3 Å². The molecule has 126 valence electrons. The van der Waals surface area contributed by atoms with Gasteiger partial charge in [-0.05, 0) is 31.4 Å². The predicted molar refractivity (Wildman–Crippen MR) is 82.0 cm³/mol. The number of nitrogens with zero attached hydrogens (tertiary/aromatic N) is 2. The Bertz CT molecular complexity index is 630. The second-order valence-electron chi connectivity index (χ2n) is 6.52. The molecule has 0 radical (unpaired) electrons. The minimum Gasteiger partial charge on any atom is -0.366 e. The van der Waals surface area contributed by atoms with Crippen LogP contribution in [0.1, 0.15) is 42.2 Å². The van der Waals surface area contributed by atoms with E-state index in [1.54, 1.807) is 6.07 Å². The number of nitrogens with one attached hydrogen (secondary N) is 1. The van der Waals surface area contributed by atoms with Gasteiger partial charge in [-0.1, -0.05) is 6.92 Å². The lowest BCUT2D eigenvalue weighted by Crippen LogP contribution is -2.46. The molecule has 0 aliphatic carbocycles. The third kappa shape index (κ3) is 3.14. The summed E-state index contributed by atoms with van der Waals surface area (Å²) in [6.07, 6.45) is -2.79. The van der Waals surface area contributed by atoms with Crippen LogP contribution in [0.5, 0.6) is 0 Å². The highest BCUT2D eigenvalue weighted by atomic mass is 19.4. The topological polar surface area (TPSA) is 45.2 Å². The summed E-state index contributed by atoms with van der Waals surface area (Å²) in [5.41, 5.74) is 1.97. The highest BCUT2D eigenvalue weighted by Gasteiger charge is 2.38. The largest absolute Gasteiger partial charge is 0.391 e. The summed E-state index contributed by atoms with van der Waals surface area (Å²) in [6.45, 7) is 4.76. The van der Waals surface area contributed by atoms with Crippen molar-refractivity contribution in [2.75, 3.05) is 23.3 Å². The molecular weight excluding hydrogens is 307 g/mol. The Labute approximate surface area is 133 Å². The number of fused-ring (bicyclic) bond motifs is 4. The normalized spacial score (nSPS) is 21.4. The van der Waals surface area contributed by atoms with Gasteiger partial charge in [0.1, 0.15) is 5.69 Å². The molecule has 1 fully saturated rings. The fourth-order valence-corrected chi connectivity index (χ4v) is 3.30. The standard InChI is InChI=1S/C16H20F3N3O/c1-9-6-12(13(23)7-10(2)16(17,18)19)21-15-14(9)22-5-3-4-11(8-22)20-15/h6,10-11H,3-5,7-8H2,1-2H3,(H,20,21)/t10-,11-/m0/s1. The summed E-state index contributed by atoms with van der Waals surface area (Å²) in [4.78, 5) is 18.7. The third-order valence-corrected chi connectivity index (χ3v) is 4.60. The van der Waals surface area contributed by atoms with Crippen LogP contribution in [0.15, 0.2) is 6.07 Å². The Morgan fingerprint density at radius 3 is 2.96 bits per heavy atom. The number of anilines is 2. The van der Waals surface area contributed by atoms with Gasteiger partial charge in [-0.2, -0.15) is 13.2 Å². The van der Waals surface area contributed by atoms with E-state index in [1.807, 2.05) is 6.92 Å². The van der Waals surface area contributed by atoms with E-state index in [0.29, 0.717) is 11.9 Å². The summed E-state index contributed by atoms with van der Waals surface area (Å²) in [5, 5.41) is 3.32. The van der Waals surface area contributed by atoms with Crippen LogP contribution < -0.4 is 10.2 Å². The average Bonchev–Trinajstić information content (AvgIpc) is 2.45. The first-order valence-electron chi connectivity index (χ1n) is 7.88. The molecule has 2 bridgehead atoms. The van der Waals surface area contributed by atoms with Gasteiger partial charge in [-0.25, -0.2) is 4.98 Å². The second-order valence-corrected chi connectivity index (χ2v) is 6.52. The number of ketones is 1. The molecule has 0 saturated carbocycles. The van der Waals surface area contributed by atoms with Gasteiger partial charge in [0, 0.05) is 25.6 Å². The molecule has 1 N–H and O–H groups in total. The van der Waals surface area contributed by atoms with E-state index in [2.05, 4.69) is 15.2 Å². The minimum absolute atomic E-state index is 0.117. The van der Waals surface area contributed by atoms with Gasteiger partial charge in [-0.3, -0.25) is 4.79 Å². The Kier molecular flexibility index (Phi) is 3.98. The number of alkyl halides is 3. The monoisotopic (exact) mass is 327 g/mol.